The molecule has 0 saturated carbocycles. The number of rotatable bonds is 4. The van der Waals surface area contributed by atoms with Crippen molar-refractivity contribution in [1.29, 1.82) is 0 Å². The van der Waals surface area contributed by atoms with Crippen LogP contribution in [0.5, 0.6) is 0 Å². The van der Waals surface area contributed by atoms with Crippen LogP contribution in [0.1, 0.15) is 23.3 Å². The number of thioether (sulfide) groups is 1. The first-order chi connectivity index (χ1) is 8.29. The van der Waals surface area contributed by atoms with E-state index in [2.05, 4.69) is 14.7 Å². The average molecular weight is 254 g/mol. The number of nitrogens with zero attached hydrogens (tertiary/aromatic N) is 2. The SMILES string of the molecule is COC(=O)c1cnc(SCC2CCCO2)cn1. The summed E-state index contributed by atoms with van der Waals surface area (Å²) in [5.74, 6) is 0.417. The van der Waals surface area contributed by atoms with E-state index in [0.29, 0.717) is 6.10 Å². The number of aromatic nitrogens is 2. The minimum absolute atomic E-state index is 0.231. The molecule has 0 aliphatic carbocycles. The predicted octanol–water partition coefficient (Wildman–Crippen LogP) is 1.53. The molecule has 1 fully saturated rings. The largest absolute Gasteiger partial charge is 0.464 e. The molecule has 1 saturated heterocycles. The van der Waals surface area contributed by atoms with Crippen molar-refractivity contribution in [2.45, 2.75) is 24.0 Å². The Morgan fingerprint density at radius 1 is 1.59 bits per heavy atom. The number of ether oxygens (including phenoxy) is 2. The quantitative estimate of drug-likeness (QED) is 0.600. The molecule has 0 aromatic carbocycles. The third-order valence-corrected chi connectivity index (χ3v) is 3.51. The van der Waals surface area contributed by atoms with E-state index in [1.54, 1.807) is 18.0 Å². The van der Waals surface area contributed by atoms with Gasteiger partial charge in [-0.3, -0.25) is 0 Å². The van der Waals surface area contributed by atoms with Crippen LogP contribution in [-0.4, -0.2) is 41.5 Å². The molecule has 1 atom stereocenters. The summed E-state index contributed by atoms with van der Waals surface area (Å²) in [6.07, 6.45) is 5.59. The van der Waals surface area contributed by atoms with Crippen LogP contribution >= 0.6 is 11.8 Å². The first-order valence-electron chi connectivity index (χ1n) is 5.44. The summed E-state index contributed by atoms with van der Waals surface area (Å²) in [6.45, 7) is 0.859. The van der Waals surface area contributed by atoms with Crippen molar-refractivity contribution in [3.05, 3.63) is 18.1 Å². The lowest BCUT2D eigenvalue weighted by Gasteiger charge is -2.07. The van der Waals surface area contributed by atoms with Gasteiger partial charge in [0.25, 0.3) is 0 Å². The van der Waals surface area contributed by atoms with Crippen LogP contribution in [0.3, 0.4) is 0 Å². The van der Waals surface area contributed by atoms with E-state index in [-0.39, 0.29) is 5.69 Å². The fraction of sp³-hybridized carbons (Fsp3) is 0.545. The molecule has 92 valence electrons. The first kappa shape index (κ1) is 12.3. The Morgan fingerprint density at radius 3 is 3.06 bits per heavy atom. The predicted molar refractivity (Wildman–Crippen MR) is 63.1 cm³/mol. The van der Waals surface area contributed by atoms with Gasteiger partial charge in [-0.05, 0) is 12.8 Å². The minimum Gasteiger partial charge on any atom is -0.464 e. The topological polar surface area (TPSA) is 61.3 Å². The molecule has 1 aliphatic rings. The van der Waals surface area contributed by atoms with Crippen molar-refractivity contribution in [2.24, 2.45) is 0 Å². The molecule has 1 unspecified atom stereocenters. The van der Waals surface area contributed by atoms with Crippen LogP contribution in [0, 0.1) is 0 Å². The third-order valence-electron chi connectivity index (χ3n) is 2.46. The Morgan fingerprint density at radius 2 is 2.47 bits per heavy atom. The second-order valence-corrected chi connectivity index (χ2v) is 4.72. The van der Waals surface area contributed by atoms with E-state index < -0.39 is 5.97 Å². The molecule has 5 nitrogen and oxygen atoms in total. The lowest BCUT2D eigenvalue weighted by molar-refractivity contribution is 0.0593. The third kappa shape index (κ3) is 3.41. The molecule has 0 bridgehead atoms. The molecule has 1 aromatic rings. The highest BCUT2D eigenvalue weighted by atomic mass is 32.2. The molecule has 2 rings (SSSR count). The van der Waals surface area contributed by atoms with Crippen molar-refractivity contribution in [2.75, 3.05) is 19.5 Å². The molecule has 0 spiro atoms. The molecule has 1 aromatic heterocycles. The van der Waals surface area contributed by atoms with Crippen LogP contribution in [0.15, 0.2) is 17.4 Å². The Kier molecular flexibility index (Phi) is 4.33. The normalized spacial score (nSPS) is 19.2. The molecule has 2 heterocycles. The van der Waals surface area contributed by atoms with Gasteiger partial charge in [-0.1, -0.05) is 0 Å². The zero-order valence-electron chi connectivity index (χ0n) is 9.59. The van der Waals surface area contributed by atoms with Gasteiger partial charge in [-0.25, -0.2) is 14.8 Å². The molecule has 0 radical (unpaired) electrons. The summed E-state index contributed by atoms with van der Waals surface area (Å²) in [5.41, 5.74) is 0.231. The summed E-state index contributed by atoms with van der Waals surface area (Å²) in [4.78, 5) is 19.3. The lowest BCUT2D eigenvalue weighted by Crippen LogP contribution is -2.08. The van der Waals surface area contributed by atoms with Gasteiger partial charge in [0.05, 0.1) is 25.6 Å². The van der Waals surface area contributed by atoms with E-state index in [1.165, 1.54) is 13.3 Å². The molecular weight excluding hydrogens is 240 g/mol. The standard InChI is InChI=1S/C11H14N2O3S/c1-15-11(14)9-5-13-10(6-12-9)17-7-8-3-2-4-16-8/h5-6,8H,2-4,7H2,1H3. The van der Waals surface area contributed by atoms with E-state index in [0.717, 1.165) is 30.2 Å². The lowest BCUT2D eigenvalue weighted by atomic mass is 10.3. The van der Waals surface area contributed by atoms with Crippen molar-refractivity contribution in [3.63, 3.8) is 0 Å². The number of methoxy groups -OCH3 is 1. The zero-order valence-corrected chi connectivity index (χ0v) is 10.4. The highest BCUT2D eigenvalue weighted by molar-refractivity contribution is 7.99. The maximum atomic E-state index is 11.1. The molecule has 0 amide bonds. The Labute approximate surface area is 104 Å². The fourth-order valence-electron chi connectivity index (χ4n) is 1.55. The number of carbonyl (C=O) groups excluding carboxylic acids is 1. The Bertz CT molecular complexity index is 377. The van der Waals surface area contributed by atoms with Gasteiger partial charge in [0.2, 0.25) is 0 Å². The summed E-state index contributed by atoms with van der Waals surface area (Å²) < 4.78 is 10.1. The van der Waals surface area contributed by atoms with Gasteiger partial charge in [-0.2, -0.15) is 0 Å². The van der Waals surface area contributed by atoms with Crippen molar-refractivity contribution < 1.29 is 14.3 Å². The van der Waals surface area contributed by atoms with Crippen LogP contribution in [0.25, 0.3) is 0 Å². The van der Waals surface area contributed by atoms with Crippen molar-refractivity contribution in [1.82, 2.24) is 9.97 Å². The fourth-order valence-corrected chi connectivity index (χ4v) is 2.43. The number of hydrogen-bond acceptors (Lipinski definition) is 6. The van der Waals surface area contributed by atoms with Crippen molar-refractivity contribution in [3.8, 4) is 0 Å². The number of esters is 1. The molecule has 6 heteroatoms. The molecule has 1 aliphatic heterocycles. The van der Waals surface area contributed by atoms with Crippen LogP contribution < -0.4 is 0 Å². The number of hydrogen-bond donors (Lipinski definition) is 0. The maximum absolute atomic E-state index is 11.1. The summed E-state index contributed by atoms with van der Waals surface area (Å²) >= 11 is 1.59. The van der Waals surface area contributed by atoms with E-state index in [1.807, 2.05) is 0 Å². The summed E-state index contributed by atoms with van der Waals surface area (Å²) in [7, 11) is 1.32. The van der Waals surface area contributed by atoms with Gasteiger partial charge in [0.15, 0.2) is 5.69 Å². The second-order valence-electron chi connectivity index (χ2n) is 3.68. The summed E-state index contributed by atoms with van der Waals surface area (Å²) in [5, 5.41) is 0.799. The van der Waals surface area contributed by atoms with Crippen LogP contribution in [-0.2, 0) is 9.47 Å². The molecular formula is C11H14N2O3S. The van der Waals surface area contributed by atoms with E-state index in [4.69, 9.17) is 4.74 Å². The van der Waals surface area contributed by atoms with Crippen LogP contribution in [0.4, 0.5) is 0 Å². The van der Waals surface area contributed by atoms with Gasteiger partial charge < -0.3 is 9.47 Å². The van der Waals surface area contributed by atoms with Gasteiger partial charge in [-0.15, -0.1) is 11.8 Å². The average Bonchev–Trinajstić information content (AvgIpc) is 2.89. The van der Waals surface area contributed by atoms with Gasteiger partial charge >= 0.3 is 5.97 Å². The first-order valence-corrected chi connectivity index (χ1v) is 6.43. The number of carbonyl (C=O) groups is 1. The van der Waals surface area contributed by atoms with Gasteiger partial charge in [0, 0.05) is 12.4 Å². The van der Waals surface area contributed by atoms with Crippen LogP contribution in [0.2, 0.25) is 0 Å². The highest BCUT2D eigenvalue weighted by Crippen LogP contribution is 2.21. The Hall–Kier alpha value is -1.14. The highest BCUT2D eigenvalue weighted by Gasteiger charge is 2.16. The Balaban J connectivity index is 1.87. The smallest absolute Gasteiger partial charge is 0.358 e. The van der Waals surface area contributed by atoms with Gasteiger partial charge in [0.1, 0.15) is 5.03 Å². The second kappa shape index (κ2) is 5.97. The molecule has 0 N–H and O–H groups in total. The maximum Gasteiger partial charge on any atom is 0.358 e. The minimum atomic E-state index is -0.465. The van der Waals surface area contributed by atoms with E-state index >= 15 is 0 Å². The van der Waals surface area contributed by atoms with Crippen molar-refractivity contribution >= 4 is 17.7 Å². The molecule has 17 heavy (non-hydrogen) atoms. The summed E-state index contributed by atoms with van der Waals surface area (Å²) in [6, 6.07) is 0. The zero-order chi connectivity index (χ0) is 12.1. The monoisotopic (exact) mass is 254 g/mol. The van der Waals surface area contributed by atoms with E-state index in [9.17, 15) is 4.79 Å².